The van der Waals surface area contributed by atoms with Crippen LogP contribution < -0.4 is 10.5 Å². The van der Waals surface area contributed by atoms with Crippen LogP contribution in [0, 0.1) is 6.92 Å². The molecule has 134 valence electrons. The normalized spacial score (nSPS) is 11.8. The lowest BCUT2D eigenvalue weighted by Gasteiger charge is -2.10. The van der Waals surface area contributed by atoms with Crippen LogP contribution in [-0.4, -0.2) is 22.2 Å². The Kier molecular flexibility index (Phi) is 4.66. The Balaban J connectivity index is 1.88. The first-order valence-corrected chi connectivity index (χ1v) is 7.63. The largest absolute Gasteiger partial charge is 0.573 e. The van der Waals surface area contributed by atoms with Gasteiger partial charge in [0.2, 0.25) is 5.95 Å². The molecule has 1 aromatic heterocycles. The summed E-state index contributed by atoms with van der Waals surface area (Å²) in [5.74, 6) is -0.000976. The molecule has 0 aliphatic carbocycles. The second-order valence-electron chi connectivity index (χ2n) is 5.49. The minimum Gasteiger partial charge on any atom is -0.406 e. The molecule has 0 aliphatic rings. The van der Waals surface area contributed by atoms with E-state index in [4.69, 9.17) is 5.73 Å². The standard InChI is InChI=1S/C18H15F3N4O/c1-12-11-25(17(22)24-12)23-10-14-4-2-3-5-16(14)13-6-8-15(9-7-13)26-18(19,20)21/h2-11H,1H3,(H2,22,24). The molecule has 0 bridgehead atoms. The number of imidazole rings is 1. The van der Waals surface area contributed by atoms with Gasteiger partial charge in [-0.15, -0.1) is 13.2 Å². The van der Waals surface area contributed by atoms with Crippen LogP contribution in [0.1, 0.15) is 11.3 Å². The van der Waals surface area contributed by atoms with Gasteiger partial charge in [-0.05, 0) is 30.2 Å². The molecule has 0 saturated carbocycles. The van der Waals surface area contributed by atoms with E-state index in [1.54, 1.807) is 31.5 Å². The molecule has 0 fully saturated rings. The molecular formula is C18H15F3N4O. The molecule has 8 heteroatoms. The van der Waals surface area contributed by atoms with E-state index in [0.717, 1.165) is 22.4 Å². The highest BCUT2D eigenvalue weighted by atomic mass is 19.4. The number of benzene rings is 2. The van der Waals surface area contributed by atoms with Gasteiger partial charge < -0.3 is 10.5 Å². The van der Waals surface area contributed by atoms with E-state index in [2.05, 4.69) is 14.8 Å². The first kappa shape index (κ1) is 17.5. The fourth-order valence-corrected chi connectivity index (χ4v) is 2.43. The quantitative estimate of drug-likeness (QED) is 0.709. The number of anilines is 1. The van der Waals surface area contributed by atoms with Crippen molar-refractivity contribution in [3.63, 3.8) is 0 Å². The van der Waals surface area contributed by atoms with Crippen molar-refractivity contribution in [3.8, 4) is 16.9 Å². The lowest BCUT2D eigenvalue weighted by atomic mass is 10.0. The maximum atomic E-state index is 12.3. The van der Waals surface area contributed by atoms with E-state index < -0.39 is 6.36 Å². The van der Waals surface area contributed by atoms with Gasteiger partial charge in [-0.2, -0.15) is 5.10 Å². The number of hydrogen-bond donors (Lipinski definition) is 1. The van der Waals surface area contributed by atoms with Crippen LogP contribution in [-0.2, 0) is 0 Å². The number of nitrogens with two attached hydrogens (primary N) is 1. The van der Waals surface area contributed by atoms with Crippen molar-refractivity contribution in [1.29, 1.82) is 0 Å². The van der Waals surface area contributed by atoms with E-state index in [1.807, 2.05) is 24.3 Å². The smallest absolute Gasteiger partial charge is 0.406 e. The van der Waals surface area contributed by atoms with Crippen molar-refractivity contribution < 1.29 is 17.9 Å². The fourth-order valence-electron chi connectivity index (χ4n) is 2.43. The molecule has 26 heavy (non-hydrogen) atoms. The summed E-state index contributed by atoms with van der Waals surface area (Å²) in [4.78, 5) is 4.06. The van der Waals surface area contributed by atoms with Crippen LogP contribution in [0.4, 0.5) is 19.1 Å². The van der Waals surface area contributed by atoms with E-state index in [9.17, 15) is 13.2 Å². The summed E-state index contributed by atoms with van der Waals surface area (Å²) in [7, 11) is 0. The number of ether oxygens (including phenoxy) is 1. The van der Waals surface area contributed by atoms with Gasteiger partial charge in [0.05, 0.1) is 18.1 Å². The van der Waals surface area contributed by atoms with Gasteiger partial charge in [-0.25, -0.2) is 9.66 Å². The number of halogens is 3. The average Bonchev–Trinajstić information content (AvgIpc) is 2.90. The number of nitrogens with zero attached hydrogens (tertiary/aromatic N) is 3. The highest BCUT2D eigenvalue weighted by molar-refractivity contribution is 5.90. The Morgan fingerprint density at radius 1 is 1.12 bits per heavy atom. The van der Waals surface area contributed by atoms with Gasteiger partial charge >= 0.3 is 6.36 Å². The SMILES string of the molecule is Cc1cn(N=Cc2ccccc2-c2ccc(OC(F)(F)F)cc2)c(N)n1. The molecule has 3 aromatic rings. The molecule has 0 spiro atoms. The number of nitrogen functional groups attached to an aromatic ring is 1. The third-order valence-electron chi connectivity index (χ3n) is 3.52. The molecule has 0 saturated heterocycles. The molecular weight excluding hydrogens is 345 g/mol. The summed E-state index contributed by atoms with van der Waals surface area (Å²) in [5, 5.41) is 4.28. The molecule has 2 N–H and O–H groups in total. The molecule has 0 atom stereocenters. The first-order chi connectivity index (χ1) is 12.3. The van der Waals surface area contributed by atoms with Crippen LogP contribution in [0.2, 0.25) is 0 Å². The van der Waals surface area contributed by atoms with Gasteiger partial charge in [-0.1, -0.05) is 36.4 Å². The summed E-state index contributed by atoms with van der Waals surface area (Å²) < 4.78 is 42.1. The average molecular weight is 360 g/mol. The second-order valence-corrected chi connectivity index (χ2v) is 5.49. The Hall–Kier alpha value is -3.29. The number of aromatic nitrogens is 2. The molecule has 0 aliphatic heterocycles. The molecule has 5 nitrogen and oxygen atoms in total. The van der Waals surface area contributed by atoms with Gasteiger partial charge in [0.25, 0.3) is 0 Å². The molecule has 1 heterocycles. The predicted molar refractivity (Wildman–Crippen MR) is 92.9 cm³/mol. The van der Waals surface area contributed by atoms with Gasteiger partial charge in [0.1, 0.15) is 5.75 Å². The third-order valence-corrected chi connectivity index (χ3v) is 3.52. The van der Waals surface area contributed by atoms with E-state index in [0.29, 0.717) is 0 Å². The number of rotatable bonds is 4. The zero-order valence-electron chi connectivity index (χ0n) is 13.7. The summed E-state index contributed by atoms with van der Waals surface area (Å²) in [6.45, 7) is 1.81. The van der Waals surface area contributed by atoms with Crippen LogP contribution in [0.15, 0.2) is 59.8 Å². The van der Waals surface area contributed by atoms with Crippen molar-refractivity contribution in [2.75, 3.05) is 5.73 Å². The number of hydrogen-bond acceptors (Lipinski definition) is 4. The summed E-state index contributed by atoms with van der Waals surface area (Å²) in [5.41, 5.74) is 8.82. The van der Waals surface area contributed by atoms with Crippen LogP contribution in [0.5, 0.6) is 5.75 Å². The van der Waals surface area contributed by atoms with E-state index in [1.165, 1.54) is 16.8 Å². The molecule has 0 amide bonds. The van der Waals surface area contributed by atoms with Crippen LogP contribution in [0.3, 0.4) is 0 Å². The lowest BCUT2D eigenvalue weighted by molar-refractivity contribution is -0.274. The predicted octanol–water partition coefficient (Wildman–Crippen LogP) is 4.22. The van der Waals surface area contributed by atoms with E-state index >= 15 is 0 Å². The highest BCUT2D eigenvalue weighted by Gasteiger charge is 2.30. The Labute approximate surface area is 147 Å². The molecule has 0 unspecified atom stereocenters. The van der Waals surface area contributed by atoms with Gasteiger partial charge in [0, 0.05) is 5.56 Å². The zero-order valence-corrected chi connectivity index (χ0v) is 13.7. The van der Waals surface area contributed by atoms with Crippen LogP contribution in [0.25, 0.3) is 11.1 Å². The van der Waals surface area contributed by atoms with Crippen molar-refractivity contribution >= 4 is 12.2 Å². The minimum absolute atomic E-state index is 0.268. The third kappa shape index (κ3) is 4.21. The van der Waals surface area contributed by atoms with Crippen molar-refractivity contribution in [3.05, 3.63) is 66.0 Å². The van der Waals surface area contributed by atoms with Crippen molar-refractivity contribution in [2.45, 2.75) is 13.3 Å². The van der Waals surface area contributed by atoms with Crippen LogP contribution >= 0.6 is 0 Å². The topological polar surface area (TPSA) is 65.4 Å². The van der Waals surface area contributed by atoms with Gasteiger partial charge in [0.15, 0.2) is 0 Å². The highest BCUT2D eigenvalue weighted by Crippen LogP contribution is 2.28. The summed E-state index contributed by atoms with van der Waals surface area (Å²) >= 11 is 0. The summed E-state index contributed by atoms with van der Waals surface area (Å²) in [6, 6.07) is 13.0. The number of aryl methyl sites for hydroxylation is 1. The first-order valence-electron chi connectivity index (χ1n) is 7.63. The molecule has 2 aromatic carbocycles. The minimum atomic E-state index is -4.71. The maximum Gasteiger partial charge on any atom is 0.573 e. The Morgan fingerprint density at radius 2 is 1.81 bits per heavy atom. The van der Waals surface area contributed by atoms with E-state index in [-0.39, 0.29) is 11.7 Å². The number of alkyl halides is 3. The lowest BCUT2D eigenvalue weighted by Crippen LogP contribution is -2.16. The monoisotopic (exact) mass is 360 g/mol. The Morgan fingerprint density at radius 3 is 2.42 bits per heavy atom. The molecule has 3 rings (SSSR count). The maximum absolute atomic E-state index is 12.3. The second kappa shape index (κ2) is 6.91. The summed E-state index contributed by atoms with van der Waals surface area (Å²) in [6.07, 6.45) is -1.40. The Bertz CT molecular complexity index is 930. The molecule has 0 radical (unpaired) electrons. The van der Waals surface area contributed by atoms with Crippen molar-refractivity contribution in [1.82, 2.24) is 9.66 Å². The van der Waals surface area contributed by atoms with Crippen molar-refractivity contribution in [2.24, 2.45) is 5.10 Å². The fraction of sp³-hybridized carbons (Fsp3) is 0.111. The zero-order chi connectivity index (χ0) is 18.7. The van der Waals surface area contributed by atoms with Gasteiger partial charge in [-0.3, -0.25) is 0 Å².